The van der Waals surface area contributed by atoms with Crippen molar-refractivity contribution in [2.45, 2.75) is 13.0 Å². The number of rotatable bonds is 4. The van der Waals surface area contributed by atoms with Crippen LogP contribution in [0.3, 0.4) is 0 Å². The maximum absolute atomic E-state index is 6.04. The molecule has 3 heteroatoms. The topological polar surface area (TPSA) is 51.0 Å². The quantitative estimate of drug-likeness (QED) is 0.824. The first-order chi connectivity index (χ1) is 7.77. The smallest absolute Gasteiger partial charge is 0.119 e. The van der Waals surface area contributed by atoms with Crippen LogP contribution in [0.25, 0.3) is 0 Å². The first kappa shape index (κ1) is 10.8. The van der Waals surface area contributed by atoms with Crippen LogP contribution in [0, 0.1) is 6.92 Å². The summed E-state index contributed by atoms with van der Waals surface area (Å²) >= 11 is 0. The zero-order valence-corrected chi connectivity index (χ0v) is 9.31. The highest BCUT2D eigenvalue weighted by atomic mass is 16.5. The number of hydrogen-bond donors (Lipinski definition) is 2. The fraction of sp³-hybridized carbons (Fsp3) is 0.231. The van der Waals surface area contributed by atoms with Crippen molar-refractivity contribution >= 4 is 0 Å². The lowest BCUT2D eigenvalue weighted by Crippen LogP contribution is -2.19. The highest BCUT2D eigenvalue weighted by Crippen LogP contribution is 2.16. The predicted molar refractivity (Wildman–Crippen MR) is 64.4 cm³/mol. The molecule has 2 rings (SSSR count). The van der Waals surface area contributed by atoms with E-state index in [1.54, 1.807) is 0 Å². The van der Waals surface area contributed by atoms with E-state index in [4.69, 9.17) is 10.5 Å². The number of benzene rings is 1. The second-order valence-electron chi connectivity index (χ2n) is 3.82. The summed E-state index contributed by atoms with van der Waals surface area (Å²) < 4.78 is 5.61. The van der Waals surface area contributed by atoms with Gasteiger partial charge in [-0.2, -0.15) is 0 Å². The molecule has 0 aliphatic carbocycles. The minimum Gasteiger partial charge on any atom is -0.492 e. The van der Waals surface area contributed by atoms with E-state index in [1.165, 1.54) is 5.56 Å². The molecule has 1 heterocycles. The molecule has 16 heavy (non-hydrogen) atoms. The number of aryl methyl sites for hydroxylation is 1. The summed E-state index contributed by atoms with van der Waals surface area (Å²) in [5.41, 5.74) is 8.32. The third-order valence-corrected chi connectivity index (χ3v) is 2.57. The summed E-state index contributed by atoms with van der Waals surface area (Å²) in [5, 5.41) is 0. The van der Waals surface area contributed by atoms with Gasteiger partial charge in [0.15, 0.2) is 0 Å². The Morgan fingerprint density at radius 3 is 2.62 bits per heavy atom. The monoisotopic (exact) mass is 216 g/mol. The van der Waals surface area contributed by atoms with Gasteiger partial charge in [0.1, 0.15) is 12.4 Å². The van der Waals surface area contributed by atoms with E-state index >= 15 is 0 Å². The van der Waals surface area contributed by atoms with Crippen molar-refractivity contribution in [2.24, 2.45) is 5.73 Å². The van der Waals surface area contributed by atoms with Crippen LogP contribution in [0.5, 0.6) is 5.75 Å². The lowest BCUT2D eigenvalue weighted by Gasteiger charge is -2.13. The molecular formula is C13H16N2O. The van der Waals surface area contributed by atoms with Gasteiger partial charge in [0.25, 0.3) is 0 Å². The van der Waals surface area contributed by atoms with E-state index in [2.05, 4.69) is 4.98 Å². The standard InChI is InChI=1S/C13H16N2O/c1-10-7-15-8-12(10)13(14)9-16-11-5-3-2-4-6-11/h2-8,13,15H,9,14H2,1H3/t13-/m1/s1. The summed E-state index contributed by atoms with van der Waals surface area (Å²) in [6, 6.07) is 9.62. The molecule has 1 aromatic heterocycles. The number of hydrogen-bond acceptors (Lipinski definition) is 2. The molecule has 0 fully saturated rings. The highest BCUT2D eigenvalue weighted by Gasteiger charge is 2.10. The summed E-state index contributed by atoms with van der Waals surface area (Å²) in [4.78, 5) is 3.04. The van der Waals surface area contributed by atoms with Gasteiger partial charge in [-0.1, -0.05) is 18.2 Å². The van der Waals surface area contributed by atoms with E-state index < -0.39 is 0 Å². The van der Waals surface area contributed by atoms with Crippen molar-refractivity contribution in [2.75, 3.05) is 6.61 Å². The second-order valence-corrected chi connectivity index (χ2v) is 3.82. The Kier molecular flexibility index (Phi) is 3.27. The zero-order chi connectivity index (χ0) is 11.4. The molecule has 3 nitrogen and oxygen atoms in total. The lowest BCUT2D eigenvalue weighted by atomic mass is 10.1. The van der Waals surface area contributed by atoms with Crippen LogP contribution in [-0.4, -0.2) is 11.6 Å². The number of para-hydroxylation sites is 1. The van der Waals surface area contributed by atoms with E-state index in [-0.39, 0.29) is 6.04 Å². The van der Waals surface area contributed by atoms with Crippen LogP contribution in [0.2, 0.25) is 0 Å². The first-order valence-corrected chi connectivity index (χ1v) is 5.34. The fourth-order valence-electron chi connectivity index (χ4n) is 1.65. The van der Waals surface area contributed by atoms with E-state index in [1.807, 2.05) is 49.6 Å². The molecule has 0 saturated carbocycles. The Morgan fingerprint density at radius 2 is 2.00 bits per heavy atom. The number of aromatic nitrogens is 1. The van der Waals surface area contributed by atoms with Crippen molar-refractivity contribution < 1.29 is 4.74 Å². The Balaban J connectivity index is 1.94. The number of nitrogens with one attached hydrogen (secondary N) is 1. The third kappa shape index (κ3) is 2.44. The first-order valence-electron chi connectivity index (χ1n) is 5.34. The summed E-state index contributed by atoms with van der Waals surface area (Å²) in [6.45, 7) is 2.52. The van der Waals surface area contributed by atoms with Gasteiger partial charge < -0.3 is 15.5 Å². The molecule has 1 aromatic carbocycles. The van der Waals surface area contributed by atoms with Crippen LogP contribution in [0.4, 0.5) is 0 Å². The van der Waals surface area contributed by atoms with E-state index in [9.17, 15) is 0 Å². The largest absolute Gasteiger partial charge is 0.492 e. The Labute approximate surface area is 95.2 Å². The van der Waals surface area contributed by atoms with Crippen LogP contribution >= 0.6 is 0 Å². The average Bonchev–Trinajstić information content (AvgIpc) is 2.74. The summed E-state index contributed by atoms with van der Waals surface area (Å²) in [5.74, 6) is 0.853. The fourth-order valence-corrected chi connectivity index (χ4v) is 1.65. The van der Waals surface area contributed by atoms with Crippen molar-refractivity contribution in [3.63, 3.8) is 0 Å². The van der Waals surface area contributed by atoms with Gasteiger partial charge >= 0.3 is 0 Å². The second kappa shape index (κ2) is 4.86. The Hall–Kier alpha value is -1.74. The number of nitrogens with two attached hydrogens (primary N) is 1. The number of aromatic amines is 1. The molecule has 0 spiro atoms. The highest BCUT2D eigenvalue weighted by molar-refractivity contribution is 5.26. The molecule has 0 aliphatic heterocycles. The van der Waals surface area contributed by atoms with Crippen molar-refractivity contribution in [3.8, 4) is 5.75 Å². The SMILES string of the molecule is Cc1c[nH]cc1[C@H](N)COc1ccccc1. The molecule has 0 aliphatic rings. The molecule has 84 valence electrons. The van der Waals surface area contributed by atoms with Gasteiger partial charge in [-0.05, 0) is 30.2 Å². The molecule has 0 amide bonds. The molecule has 3 N–H and O–H groups in total. The van der Waals surface area contributed by atoms with Crippen molar-refractivity contribution in [3.05, 3.63) is 53.9 Å². The van der Waals surface area contributed by atoms with Crippen LogP contribution in [-0.2, 0) is 0 Å². The minimum absolute atomic E-state index is 0.0912. The summed E-state index contributed by atoms with van der Waals surface area (Å²) in [7, 11) is 0. The lowest BCUT2D eigenvalue weighted by molar-refractivity contribution is 0.290. The van der Waals surface area contributed by atoms with Crippen molar-refractivity contribution in [1.29, 1.82) is 0 Å². The van der Waals surface area contributed by atoms with Crippen LogP contribution in [0.1, 0.15) is 17.2 Å². The normalized spacial score (nSPS) is 12.4. The average molecular weight is 216 g/mol. The van der Waals surface area contributed by atoms with Crippen LogP contribution in [0.15, 0.2) is 42.7 Å². The van der Waals surface area contributed by atoms with Gasteiger partial charge in [0.2, 0.25) is 0 Å². The van der Waals surface area contributed by atoms with E-state index in [0.29, 0.717) is 6.61 Å². The summed E-state index contributed by atoms with van der Waals surface area (Å²) in [6.07, 6.45) is 3.87. The van der Waals surface area contributed by atoms with Gasteiger partial charge in [-0.3, -0.25) is 0 Å². The van der Waals surface area contributed by atoms with Gasteiger partial charge in [0.05, 0.1) is 6.04 Å². The Bertz CT molecular complexity index is 436. The minimum atomic E-state index is -0.0912. The van der Waals surface area contributed by atoms with Crippen molar-refractivity contribution in [1.82, 2.24) is 4.98 Å². The maximum atomic E-state index is 6.04. The van der Waals surface area contributed by atoms with Gasteiger partial charge in [-0.25, -0.2) is 0 Å². The molecule has 0 radical (unpaired) electrons. The predicted octanol–water partition coefficient (Wildman–Crippen LogP) is 2.40. The van der Waals surface area contributed by atoms with Gasteiger partial charge in [0, 0.05) is 12.4 Å². The Morgan fingerprint density at radius 1 is 1.25 bits per heavy atom. The molecule has 0 bridgehead atoms. The maximum Gasteiger partial charge on any atom is 0.119 e. The van der Waals surface area contributed by atoms with Gasteiger partial charge in [-0.15, -0.1) is 0 Å². The zero-order valence-electron chi connectivity index (χ0n) is 9.31. The molecule has 0 saturated heterocycles. The number of H-pyrrole nitrogens is 1. The third-order valence-electron chi connectivity index (χ3n) is 2.57. The molecule has 2 aromatic rings. The molecule has 1 atom stereocenters. The van der Waals surface area contributed by atoms with Crippen LogP contribution < -0.4 is 10.5 Å². The van der Waals surface area contributed by atoms with E-state index in [0.717, 1.165) is 11.3 Å². The molecular weight excluding hydrogens is 200 g/mol. The number of ether oxygens (including phenoxy) is 1. The molecule has 0 unspecified atom stereocenters.